The quantitative estimate of drug-likeness (QED) is 0.681. The summed E-state index contributed by atoms with van der Waals surface area (Å²) in [5, 5.41) is 0.685. The number of halogens is 2. The van der Waals surface area contributed by atoms with E-state index in [2.05, 4.69) is 6.92 Å². The number of hydrogen-bond acceptors (Lipinski definition) is 0. The van der Waals surface area contributed by atoms with Crippen LogP contribution in [0.4, 0.5) is 4.39 Å². The molecule has 1 aromatic rings. The molecule has 0 spiro atoms. The van der Waals surface area contributed by atoms with E-state index < -0.39 is 6.17 Å². The van der Waals surface area contributed by atoms with Crippen molar-refractivity contribution in [3.63, 3.8) is 0 Å². The lowest BCUT2D eigenvalue weighted by atomic mass is 10.0. The van der Waals surface area contributed by atoms with Crippen LogP contribution in [0.1, 0.15) is 31.7 Å². The van der Waals surface area contributed by atoms with Crippen LogP contribution in [0.3, 0.4) is 0 Å². The molecule has 1 rings (SSSR count). The average molecular weight is 215 g/mol. The van der Waals surface area contributed by atoms with Crippen molar-refractivity contribution in [3.05, 3.63) is 34.9 Å². The summed E-state index contributed by atoms with van der Waals surface area (Å²) in [4.78, 5) is 0. The normalized spacial score (nSPS) is 12.8. The summed E-state index contributed by atoms with van der Waals surface area (Å²) >= 11 is 5.81. The van der Waals surface area contributed by atoms with Crippen molar-refractivity contribution in [2.45, 2.75) is 38.8 Å². The Morgan fingerprint density at radius 1 is 1.43 bits per heavy atom. The van der Waals surface area contributed by atoms with Crippen molar-refractivity contribution in [2.24, 2.45) is 0 Å². The second-order valence-corrected chi connectivity index (χ2v) is 4.01. The molecule has 14 heavy (non-hydrogen) atoms. The first-order chi connectivity index (χ1) is 6.72. The average Bonchev–Trinajstić information content (AvgIpc) is 2.15. The van der Waals surface area contributed by atoms with E-state index in [1.54, 1.807) is 0 Å². The van der Waals surface area contributed by atoms with Crippen LogP contribution in [0, 0.1) is 0 Å². The van der Waals surface area contributed by atoms with E-state index >= 15 is 0 Å². The van der Waals surface area contributed by atoms with Crippen LogP contribution < -0.4 is 0 Å². The Kier molecular flexibility index (Phi) is 4.95. The first kappa shape index (κ1) is 11.5. The minimum absolute atomic E-state index is 0.487. The Morgan fingerprint density at radius 3 is 2.86 bits per heavy atom. The van der Waals surface area contributed by atoms with Gasteiger partial charge in [-0.05, 0) is 24.1 Å². The van der Waals surface area contributed by atoms with E-state index in [0.717, 1.165) is 18.4 Å². The molecule has 0 aliphatic rings. The lowest BCUT2D eigenvalue weighted by molar-refractivity contribution is 0.305. The molecule has 0 aromatic heterocycles. The second kappa shape index (κ2) is 6.02. The SMILES string of the molecule is CCCCC(F)Cc1cccc(Cl)c1. The van der Waals surface area contributed by atoms with Gasteiger partial charge in [-0.1, -0.05) is 43.5 Å². The van der Waals surface area contributed by atoms with Gasteiger partial charge in [0, 0.05) is 11.4 Å². The highest BCUT2D eigenvalue weighted by Gasteiger charge is 2.06. The number of unbranched alkanes of at least 4 members (excludes halogenated alkanes) is 1. The molecule has 1 unspecified atom stereocenters. The molecule has 0 saturated carbocycles. The summed E-state index contributed by atoms with van der Waals surface area (Å²) < 4.78 is 13.4. The molecule has 0 N–H and O–H groups in total. The third-order valence-electron chi connectivity index (χ3n) is 2.22. The second-order valence-electron chi connectivity index (χ2n) is 3.57. The molecule has 0 saturated heterocycles. The molecule has 0 aliphatic heterocycles. The molecule has 0 bridgehead atoms. The Bertz CT molecular complexity index is 273. The van der Waals surface area contributed by atoms with Crippen LogP contribution in [0.5, 0.6) is 0 Å². The van der Waals surface area contributed by atoms with Crippen LogP contribution in [-0.4, -0.2) is 6.17 Å². The van der Waals surface area contributed by atoms with Crippen LogP contribution in [0.15, 0.2) is 24.3 Å². The predicted molar refractivity (Wildman–Crippen MR) is 59.6 cm³/mol. The molecule has 0 heterocycles. The maximum atomic E-state index is 13.4. The van der Waals surface area contributed by atoms with E-state index in [9.17, 15) is 4.39 Å². The van der Waals surface area contributed by atoms with E-state index in [4.69, 9.17) is 11.6 Å². The van der Waals surface area contributed by atoms with Gasteiger partial charge in [-0.15, -0.1) is 0 Å². The Balaban J connectivity index is 2.43. The molecule has 1 atom stereocenters. The zero-order valence-corrected chi connectivity index (χ0v) is 9.23. The predicted octanol–water partition coefficient (Wildman–Crippen LogP) is 4.41. The minimum atomic E-state index is -0.728. The number of alkyl halides is 1. The van der Waals surface area contributed by atoms with Gasteiger partial charge in [-0.3, -0.25) is 0 Å². The first-order valence-corrected chi connectivity index (χ1v) is 5.48. The number of benzene rings is 1. The van der Waals surface area contributed by atoms with Crippen molar-refractivity contribution in [1.82, 2.24) is 0 Å². The smallest absolute Gasteiger partial charge is 0.104 e. The molecule has 1 aromatic carbocycles. The number of hydrogen-bond donors (Lipinski definition) is 0. The summed E-state index contributed by atoms with van der Waals surface area (Å²) in [5.74, 6) is 0. The summed E-state index contributed by atoms with van der Waals surface area (Å²) in [6, 6.07) is 7.43. The molecule has 2 heteroatoms. The van der Waals surface area contributed by atoms with Gasteiger partial charge in [0.15, 0.2) is 0 Å². The zero-order valence-electron chi connectivity index (χ0n) is 8.47. The largest absolute Gasteiger partial charge is 0.247 e. The Hall–Kier alpha value is -0.560. The molecule has 78 valence electrons. The monoisotopic (exact) mass is 214 g/mol. The van der Waals surface area contributed by atoms with E-state index in [0.29, 0.717) is 17.9 Å². The fourth-order valence-electron chi connectivity index (χ4n) is 1.45. The summed E-state index contributed by atoms with van der Waals surface area (Å²) in [5.41, 5.74) is 0.987. The van der Waals surface area contributed by atoms with Gasteiger partial charge in [0.1, 0.15) is 6.17 Å². The topological polar surface area (TPSA) is 0 Å². The van der Waals surface area contributed by atoms with E-state index in [1.165, 1.54) is 0 Å². The van der Waals surface area contributed by atoms with Crippen LogP contribution in [-0.2, 0) is 6.42 Å². The zero-order chi connectivity index (χ0) is 10.4. The fraction of sp³-hybridized carbons (Fsp3) is 0.500. The Morgan fingerprint density at radius 2 is 2.21 bits per heavy atom. The molecule has 0 amide bonds. The fourth-order valence-corrected chi connectivity index (χ4v) is 1.66. The van der Waals surface area contributed by atoms with Crippen LogP contribution in [0.25, 0.3) is 0 Å². The Labute approximate surface area is 90.1 Å². The summed E-state index contributed by atoms with van der Waals surface area (Å²) in [7, 11) is 0. The first-order valence-electron chi connectivity index (χ1n) is 5.11. The summed E-state index contributed by atoms with van der Waals surface area (Å²) in [6.07, 6.45) is 2.43. The lowest BCUT2D eigenvalue weighted by Crippen LogP contribution is -2.04. The van der Waals surface area contributed by atoms with Gasteiger partial charge in [0.25, 0.3) is 0 Å². The molecular formula is C12H16ClF. The minimum Gasteiger partial charge on any atom is -0.247 e. The van der Waals surface area contributed by atoms with Crippen molar-refractivity contribution in [1.29, 1.82) is 0 Å². The van der Waals surface area contributed by atoms with E-state index in [-0.39, 0.29) is 0 Å². The molecule has 0 aliphatic carbocycles. The molecule has 0 fully saturated rings. The van der Waals surface area contributed by atoms with Gasteiger partial charge in [-0.2, -0.15) is 0 Å². The van der Waals surface area contributed by atoms with Crippen molar-refractivity contribution >= 4 is 11.6 Å². The van der Waals surface area contributed by atoms with Crippen molar-refractivity contribution in [3.8, 4) is 0 Å². The van der Waals surface area contributed by atoms with Gasteiger partial charge in [0.05, 0.1) is 0 Å². The van der Waals surface area contributed by atoms with Crippen molar-refractivity contribution < 1.29 is 4.39 Å². The maximum absolute atomic E-state index is 13.4. The van der Waals surface area contributed by atoms with Crippen LogP contribution in [0.2, 0.25) is 5.02 Å². The highest BCUT2D eigenvalue weighted by atomic mass is 35.5. The highest BCUT2D eigenvalue weighted by Crippen LogP contribution is 2.15. The number of rotatable bonds is 5. The van der Waals surface area contributed by atoms with Gasteiger partial charge >= 0.3 is 0 Å². The van der Waals surface area contributed by atoms with Crippen molar-refractivity contribution in [2.75, 3.05) is 0 Å². The van der Waals surface area contributed by atoms with Crippen LogP contribution >= 0.6 is 11.6 Å². The highest BCUT2D eigenvalue weighted by molar-refractivity contribution is 6.30. The maximum Gasteiger partial charge on any atom is 0.104 e. The third kappa shape index (κ3) is 4.10. The van der Waals surface area contributed by atoms with E-state index in [1.807, 2.05) is 24.3 Å². The molecular weight excluding hydrogens is 199 g/mol. The van der Waals surface area contributed by atoms with Gasteiger partial charge < -0.3 is 0 Å². The van der Waals surface area contributed by atoms with Gasteiger partial charge in [-0.25, -0.2) is 4.39 Å². The molecule has 0 radical (unpaired) electrons. The molecule has 0 nitrogen and oxygen atoms in total. The lowest BCUT2D eigenvalue weighted by Gasteiger charge is -2.07. The van der Waals surface area contributed by atoms with Gasteiger partial charge in [0.2, 0.25) is 0 Å². The summed E-state index contributed by atoms with van der Waals surface area (Å²) in [6.45, 7) is 2.08. The standard InChI is InChI=1S/C12H16ClF/c1-2-3-7-12(14)9-10-5-4-6-11(13)8-10/h4-6,8,12H,2-3,7,9H2,1H3. The third-order valence-corrected chi connectivity index (χ3v) is 2.45.